The van der Waals surface area contributed by atoms with Crippen LogP contribution < -0.4 is 10.6 Å². The molecule has 0 saturated heterocycles. The lowest BCUT2D eigenvalue weighted by Crippen LogP contribution is -2.38. The summed E-state index contributed by atoms with van der Waals surface area (Å²) in [6.45, 7) is 8.27. The summed E-state index contributed by atoms with van der Waals surface area (Å²) in [5, 5.41) is 8.31. The predicted molar refractivity (Wildman–Crippen MR) is 109 cm³/mol. The summed E-state index contributed by atoms with van der Waals surface area (Å²) in [5.74, 6) is 1.71. The minimum atomic E-state index is 0.118. The van der Waals surface area contributed by atoms with Gasteiger partial charge in [-0.15, -0.1) is 11.3 Å². The molecule has 3 heterocycles. The molecule has 3 aromatic heterocycles. The first-order valence-electron chi connectivity index (χ1n) is 9.23. The van der Waals surface area contributed by atoms with Crippen molar-refractivity contribution in [3.8, 4) is 11.4 Å². The van der Waals surface area contributed by atoms with Gasteiger partial charge in [0.1, 0.15) is 10.6 Å². The molecule has 136 valence electrons. The lowest BCUT2D eigenvalue weighted by atomic mass is 10.1. The van der Waals surface area contributed by atoms with E-state index in [1.807, 2.05) is 29.7 Å². The molecule has 0 fully saturated rings. The van der Waals surface area contributed by atoms with Crippen LogP contribution in [0.25, 0.3) is 21.6 Å². The van der Waals surface area contributed by atoms with Crippen molar-refractivity contribution < 1.29 is 0 Å². The fourth-order valence-electron chi connectivity index (χ4n) is 3.37. The molecule has 1 aliphatic carbocycles. The Hall–Kier alpha value is -2.05. The third-order valence-corrected chi connectivity index (χ3v) is 5.74. The van der Waals surface area contributed by atoms with E-state index >= 15 is 0 Å². The summed E-state index contributed by atoms with van der Waals surface area (Å²) >= 11 is 1.83. The molecule has 0 aromatic carbocycles. The largest absolute Gasteiger partial charge is 0.368 e. The van der Waals surface area contributed by atoms with Crippen molar-refractivity contribution in [1.29, 1.82) is 0 Å². The van der Waals surface area contributed by atoms with Crippen LogP contribution in [0, 0.1) is 0 Å². The van der Waals surface area contributed by atoms with Gasteiger partial charge in [-0.25, -0.2) is 9.97 Å². The van der Waals surface area contributed by atoms with Gasteiger partial charge < -0.3 is 10.6 Å². The molecule has 3 aromatic rings. The van der Waals surface area contributed by atoms with Gasteiger partial charge in [-0.2, -0.15) is 0 Å². The number of pyridine rings is 1. The minimum absolute atomic E-state index is 0.118. The van der Waals surface area contributed by atoms with Gasteiger partial charge in [0.2, 0.25) is 0 Å². The Morgan fingerprint density at radius 1 is 1.15 bits per heavy atom. The summed E-state index contributed by atoms with van der Waals surface area (Å²) in [4.78, 5) is 16.5. The Morgan fingerprint density at radius 2 is 2.04 bits per heavy atom. The highest BCUT2D eigenvalue weighted by atomic mass is 32.1. The molecule has 0 aliphatic heterocycles. The van der Waals surface area contributed by atoms with Crippen molar-refractivity contribution in [2.45, 2.75) is 45.6 Å². The zero-order valence-electron chi connectivity index (χ0n) is 15.6. The van der Waals surface area contributed by atoms with Crippen LogP contribution in [0.3, 0.4) is 0 Å². The first-order valence-corrected chi connectivity index (χ1v) is 10.0. The maximum Gasteiger partial charge on any atom is 0.164 e. The quantitative estimate of drug-likeness (QED) is 0.666. The molecule has 0 amide bonds. The van der Waals surface area contributed by atoms with Crippen LogP contribution in [0.1, 0.15) is 37.6 Å². The zero-order valence-corrected chi connectivity index (χ0v) is 16.4. The Morgan fingerprint density at radius 3 is 2.81 bits per heavy atom. The second-order valence-electron chi connectivity index (χ2n) is 7.78. The molecule has 0 atom stereocenters. The fraction of sp³-hybridized carbons (Fsp3) is 0.450. The average molecular weight is 368 g/mol. The van der Waals surface area contributed by atoms with E-state index in [4.69, 9.17) is 9.97 Å². The van der Waals surface area contributed by atoms with Gasteiger partial charge in [-0.1, -0.05) is 0 Å². The molecule has 0 bridgehead atoms. The highest BCUT2D eigenvalue weighted by Gasteiger charge is 2.22. The fourth-order valence-corrected chi connectivity index (χ4v) is 4.63. The number of anilines is 1. The van der Waals surface area contributed by atoms with Crippen LogP contribution in [0.5, 0.6) is 0 Å². The molecule has 26 heavy (non-hydrogen) atoms. The normalized spacial score (nSPS) is 14.0. The summed E-state index contributed by atoms with van der Waals surface area (Å²) in [5.41, 5.74) is 2.53. The summed E-state index contributed by atoms with van der Waals surface area (Å²) in [7, 11) is 0. The molecule has 1 aliphatic rings. The predicted octanol–water partition coefficient (Wildman–Crippen LogP) is 4.04. The van der Waals surface area contributed by atoms with Gasteiger partial charge in [-0.3, -0.25) is 4.98 Å². The molecule has 0 unspecified atom stereocenters. The van der Waals surface area contributed by atoms with Crippen molar-refractivity contribution in [1.82, 2.24) is 20.3 Å². The Balaban J connectivity index is 1.68. The number of rotatable bonds is 5. The maximum atomic E-state index is 4.87. The van der Waals surface area contributed by atoms with Crippen molar-refractivity contribution in [2.75, 3.05) is 18.4 Å². The lowest BCUT2D eigenvalue weighted by molar-refractivity contribution is 0.435. The number of nitrogens with zero attached hydrogens (tertiary/aromatic N) is 3. The molecule has 0 spiro atoms. The van der Waals surface area contributed by atoms with E-state index in [0.717, 1.165) is 41.5 Å². The van der Waals surface area contributed by atoms with Gasteiger partial charge in [0.25, 0.3) is 0 Å². The number of aromatic nitrogens is 3. The van der Waals surface area contributed by atoms with Gasteiger partial charge >= 0.3 is 0 Å². The van der Waals surface area contributed by atoms with E-state index in [2.05, 4.69) is 36.4 Å². The Kier molecular flexibility index (Phi) is 4.63. The van der Waals surface area contributed by atoms with E-state index in [9.17, 15) is 0 Å². The van der Waals surface area contributed by atoms with E-state index in [-0.39, 0.29) is 5.54 Å². The van der Waals surface area contributed by atoms with Gasteiger partial charge in [0, 0.05) is 41.5 Å². The number of hydrogen-bond acceptors (Lipinski definition) is 6. The molecule has 2 N–H and O–H groups in total. The minimum Gasteiger partial charge on any atom is -0.368 e. The van der Waals surface area contributed by atoms with Crippen LogP contribution in [0.2, 0.25) is 0 Å². The highest BCUT2D eigenvalue weighted by Crippen LogP contribution is 2.40. The second kappa shape index (κ2) is 6.93. The van der Waals surface area contributed by atoms with Crippen molar-refractivity contribution in [2.24, 2.45) is 0 Å². The smallest absolute Gasteiger partial charge is 0.164 e. The van der Waals surface area contributed by atoms with Gasteiger partial charge in [-0.05, 0) is 57.7 Å². The first kappa shape index (κ1) is 17.4. The van der Waals surface area contributed by atoms with Gasteiger partial charge in [0.05, 0.1) is 5.39 Å². The van der Waals surface area contributed by atoms with E-state index < -0.39 is 0 Å². The van der Waals surface area contributed by atoms with E-state index in [1.54, 1.807) is 6.20 Å². The molecule has 0 radical (unpaired) electrons. The summed E-state index contributed by atoms with van der Waals surface area (Å²) in [6.07, 6.45) is 7.16. The van der Waals surface area contributed by atoms with Crippen LogP contribution in [-0.2, 0) is 12.8 Å². The average Bonchev–Trinajstić information content (AvgIpc) is 3.19. The number of fused-ring (bicyclic) bond motifs is 3. The van der Waals surface area contributed by atoms with Crippen LogP contribution in [0.15, 0.2) is 24.5 Å². The first-order chi connectivity index (χ1) is 12.5. The van der Waals surface area contributed by atoms with Crippen LogP contribution in [0.4, 0.5) is 5.82 Å². The second-order valence-corrected chi connectivity index (χ2v) is 8.86. The molecular formula is C20H25N5S. The summed E-state index contributed by atoms with van der Waals surface area (Å²) < 4.78 is 0. The number of nitrogens with one attached hydrogen (secondary N) is 2. The monoisotopic (exact) mass is 367 g/mol. The van der Waals surface area contributed by atoms with Crippen molar-refractivity contribution in [3.05, 3.63) is 35.0 Å². The number of hydrogen-bond donors (Lipinski definition) is 2. The number of aryl methyl sites for hydroxylation is 2. The van der Waals surface area contributed by atoms with E-state index in [0.29, 0.717) is 0 Å². The summed E-state index contributed by atoms with van der Waals surface area (Å²) in [6, 6.07) is 3.94. The molecule has 5 nitrogen and oxygen atoms in total. The van der Waals surface area contributed by atoms with E-state index in [1.165, 1.54) is 28.7 Å². The molecule has 6 heteroatoms. The topological polar surface area (TPSA) is 62.7 Å². The Labute approximate surface area is 158 Å². The number of thiophene rings is 1. The maximum absolute atomic E-state index is 4.87. The zero-order chi connectivity index (χ0) is 18.1. The third kappa shape index (κ3) is 3.57. The molecule has 4 rings (SSSR count). The van der Waals surface area contributed by atoms with Crippen LogP contribution in [-0.4, -0.2) is 33.6 Å². The van der Waals surface area contributed by atoms with Crippen molar-refractivity contribution >= 4 is 27.4 Å². The Bertz CT molecular complexity index is 911. The third-order valence-electron chi connectivity index (χ3n) is 4.56. The standard InChI is InChI=1S/C20H25N5S/c1-20(2,3)23-11-10-22-18-16-14-7-4-8-15(14)26-19(16)25-17(24-18)13-6-5-9-21-12-13/h5-6,9,12,23H,4,7-8,10-11H2,1-3H3,(H,22,24,25). The van der Waals surface area contributed by atoms with Gasteiger partial charge in [0.15, 0.2) is 5.82 Å². The SMILES string of the molecule is CC(C)(C)NCCNc1nc(-c2cccnc2)nc2sc3c(c12)CCC3. The highest BCUT2D eigenvalue weighted by molar-refractivity contribution is 7.19. The lowest BCUT2D eigenvalue weighted by Gasteiger charge is -2.20. The van der Waals surface area contributed by atoms with Crippen molar-refractivity contribution in [3.63, 3.8) is 0 Å². The van der Waals surface area contributed by atoms with Crippen LogP contribution >= 0.6 is 11.3 Å². The molecular weight excluding hydrogens is 342 g/mol. The molecule has 0 saturated carbocycles.